The van der Waals surface area contributed by atoms with E-state index in [1.54, 1.807) is 26.0 Å². The van der Waals surface area contributed by atoms with Crippen molar-refractivity contribution in [3.05, 3.63) is 35.4 Å². The van der Waals surface area contributed by atoms with Crippen molar-refractivity contribution in [1.82, 2.24) is 5.32 Å². The Bertz CT molecular complexity index is 425. The normalized spacial score (nSPS) is 12.2. The van der Waals surface area contributed by atoms with Gasteiger partial charge in [0.05, 0.1) is 18.6 Å². The lowest BCUT2D eigenvalue weighted by Gasteiger charge is -2.23. The predicted octanol–water partition coefficient (Wildman–Crippen LogP) is -0.317. The van der Waals surface area contributed by atoms with E-state index in [1.807, 2.05) is 0 Å². The minimum atomic E-state index is -1.30. The lowest BCUT2D eigenvalue weighted by molar-refractivity contribution is -0.309. The average Bonchev–Trinajstić information content (AvgIpc) is 2.35. The third kappa shape index (κ3) is 3.56. The van der Waals surface area contributed by atoms with Crippen molar-refractivity contribution in [2.45, 2.75) is 26.5 Å². The van der Waals surface area contributed by atoms with Crippen LogP contribution in [0.5, 0.6) is 0 Å². The van der Waals surface area contributed by atoms with Crippen molar-refractivity contribution in [1.29, 1.82) is 0 Å². The van der Waals surface area contributed by atoms with Gasteiger partial charge in [-0.15, -0.1) is 0 Å². The summed E-state index contributed by atoms with van der Waals surface area (Å²) in [6, 6.07) is 5.27. The van der Waals surface area contributed by atoms with E-state index in [1.165, 1.54) is 12.1 Å². The van der Waals surface area contributed by atoms with Gasteiger partial charge in [-0.3, -0.25) is 4.79 Å². The van der Waals surface area contributed by atoms with Gasteiger partial charge in [0, 0.05) is 5.56 Å². The number of carboxylic acids is 1. The molecule has 0 unspecified atom stereocenters. The fourth-order valence-electron chi connectivity index (χ4n) is 1.48. The van der Waals surface area contributed by atoms with Gasteiger partial charge >= 0.3 is 0 Å². The molecule has 1 amide bonds. The molecule has 0 heterocycles. The summed E-state index contributed by atoms with van der Waals surface area (Å²) in [6.07, 6.45) is 0. The zero-order valence-corrected chi connectivity index (χ0v) is 10.3. The first kappa shape index (κ1) is 14.2. The minimum Gasteiger partial charge on any atom is -0.548 e. The van der Waals surface area contributed by atoms with Crippen LogP contribution in [0.3, 0.4) is 0 Å². The molecule has 0 spiro atoms. The molecule has 5 heteroatoms. The van der Waals surface area contributed by atoms with E-state index < -0.39 is 17.9 Å². The molecule has 0 aliphatic carbocycles. The Balaban J connectivity index is 2.77. The zero-order chi connectivity index (χ0) is 13.7. The van der Waals surface area contributed by atoms with E-state index in [2.05, 4.69) is 5.32 Å². The Labute approximate surface area is 105 Å². The number of aliphatic hydroxyl groups excluding tert-OH is 1. The highest BCUT2D eigenvalue weighted by atomic mass is 16.4. The molecule has 1 aromatic rings. The van der Waals surface area contributed by atoms with Crippen LogP contribution >= 0.6 is 0 Å². The number of hydrogen-bond acceptors (Lipinski definition) is 4. The Kier molecular flexibility index (Phi) is 4.85. The summed E-state index contributed by atoms with van der Waals surface area (Å²) in [5, 5.41) is 22.1. The predicted molar refractivity (Wildman–Crippen MR) is 63.5 cm³/mol. The number of rotatable bonds is 5. The lowest BCUT2D eigenvalue weighted by atomic mass is 10.0. The van der Waals surface area contributed by atoms with Gasteiger partial charge in [-0.1, -0.05) is 26.0 Å². The largest absolute Gasteiger partial charge is 0.548 e. The van der Waals surface area contributed by atoms with Crippen molar-refractivity contribution in [2.24, 2.45) is 5.92 Å². The maximum atomic E-state index is 11.8. The molecule has 0 radical (unpaired) electrons. The Hall–Kier alpha value is -1.88. The summed E-state index contributed by atoms with van der Waals surface area (Å²) in [7, 11) is 0. The Morgan fingerprint density at radius 1 is 1.28 bits per heavy atom. The number of carboxylic acid groups (broad SMARTS) is 1. The van der Waals surface area contributed by atoms with Crippen molar-refractivity contribution in [3.63, 3.8) is 0 Å². The van der Waals surface area contributed by atoms with E-state index in [9.17, 15) is 14.7 Å². The third-order valence-electron chi connectivity index (χ3n) is 2.61. The van der Waals surface area contributed by atoms with Crippen LogP contribution in [-0.2, 0) is 11.4 Å². The summed E-state index contributed by atoms with van der Waals surface area (Å²) < 4.78 is 0. The van der Waals surface area contributed by atoms with Gasteiger partial charge in [-0.25, -0.2) is 0 Å². The number of benzene rings is 1. The van der Waals surface area contributed by atoms with Gasteiger partial charge in [0.15, 0.2) is 0 Å². The molecule has 1 atom stereocenters. The number of aliphatic carboxylic acids is 1. The van der Waals surface area contributed by atoms with Crippen molar-refractivity contribution in [2.75, 3.05) is 0 Å². The highest BCUT2D eigenvalue weighted by Gasteiger charge is 2.17. The third-order valence-corrected chi connectivity index (χ3v) is 2.61. The smallest absolute Gasteiger partial charge is 0.251 e. The standard InChI is InChI=1S/C13H17NO4/c1-8(2)11(13(17)18)14-12(16)10-5-3-9(7-15)4-6-10/h3-6,8,11,15H,7H2,1-2H3,(H,14,16)(H,17,18)/p-1/t11-/m1/s1. The maximum Gasteiger partial charge on any atom is 0.251 e. The highest BCUT2D eigenvalue weighted by molar-refractivity contribution is 5.96. The number of hydrogen-bond donors (Lipinski definition) is 2. The van der Waals surface area contributed by atoms with Crippen LogP contribution in [0.2, 0.25) is 0 Å². The second-order valence-corrected chi connectivity index (χ2v) is 4.37. The second-order valence-electron chi connectivity index (χ2n) is 4.37. The van der Waals surface area contributed by atoms with Gasteiger partial charge in [0.25, 0.3) is 5.91 Å². The van der Waals surface area contributed by atoms with Crippen molar-refractivity contribution < 1.29 is 19.8 Å². The first-order valence-electron chi connectivity index (χ1n) is 5.67. The molecular weight excluding hydrogens is 234 g/mol. The van der Waals surface area contributed by atoms with Gasteiger partial charge in [-0.2, -0.15) is 0 Å². The molecule has 1 rings (SSSR count). The van der Waals surface area contributed by atoms with Gasteiger partial charge < -0.3 is 20.3 Å². The average molecular weight is 250 g/mol. The molecule has 98 valence electrons. The molecule has 0 bridgehead atoms. The molecule has 0 aromatic heterocycles. The van der Waals surface area contributed by atoms with E-state index in [0.29, 0.717) is 11.1 Å². The molecule has 0 aliphatic heterocycles. The van der Waals surface area contributed by atoms with E-state index in [-0.39, 0.29) is 12.5 Å². The van der Waals surface area contributed by atoms with Crippen molar-refractivity contribution >= 4 is 11.9 Å². The molecule has 5 nitrogen and oxygen atoms in total. The minimum absolute atomic E-state index is 0.102. The Morgan fingerprint density at radius 3 is 2.22 bits per heavy atom. The summed E-state index contributed by atoms with van der Waals surface area (Å²) in [5.41, 5.74) is 1.03. The summed E-state index contributed by atoms with van der Waals surface area (Å²) in [6.45, 7) is 3.28. The fourth-order valence-corrected chi connectivity index (χ4v) is 1.48. The van der Waals surface area contributed by atoms with Crippen LogP contribution in [0, 0.1) is 5.92 Å². The first-order chi connectivity index (χ1) is 8.45. The molecule has 0 saturated carbocycles. The first-order valence-corrected chi connectivity index (χ1v) is 5.67. The van der Waals surface area contributed by atoms with Crippen LogP contribution in [0.25, 0.3) is 0 Å². The van der Waals surface area contributed by atoms with E-state index in [0.717, 1.165) is 0 Å². The molecule has 18 heavy (non-hydrogen) atoms. The fraction of sp³-hybridized carbons (Fsp3) is 0.385. The zero-order valence-electron chi connectivity index (χ0n) is 10.3. The number of amides is 1. The molecular formula is C13H16NO4-. The summed E-state index contributed by atoms with van der Waals surface area (Å²) in [4.78, 5) is 22.6. The topological polar surface area (TPSA) is 89.5 Å². The monoisotopic (exact) mass is 250 g/mol. The molecule has 0 fully saturated rings. The molecule has 0 aliphatic rings. The van der Waals surface area contributed by atoms with Crippen molar-refractivity contribution in [3.8, 4) is 0 Å². The van der Waals surface area contributed by atoms with E-state index >= 15 is 0 Å². The number of aliphatic hydroxyl groups is 1. The summed E-state index contributed by atoms with van der Waals surface area (Å²) >= 11 is 0. The van der Waals surface area contributed by atoms with E-state index in [4.69, 9.17) is 5.11 Å². The highest BCUT2D eigenvalue weighted by Crippen LogP contribution is 2.06. The van der Waals surface area contributed by atoms with Crippen LogP contribution < -0.4 is 10.4 Å². The van der Waals surface area contributed by atoms with Crippen LogP contribution in [0.4, 0.5) is 0 Å². The molecule has 1 aromatic carbocycles. The molecule has 0 saturated heterocycles. The maximum absolute atomic E-state index is 11.8. The Morgan fingerprint density at radius 2 is 1.83 bits per heavy atom. The van der Waals surface area contributed by atoms with Gasteiger partial charge in [0.1, 0.15) is 0 Å². The number of nitrogens with one attached hydrogen (secondary N) is 1. The van der Waals surface area contributed by atoms with Crippen LogP contribution in [-0.4, -0.2) is 23.0 Å². The van der Waals surface area contributed by atoms with Gasteiger partial charge in [0.2, 0.25) is 0 Å². The summed E-state index contributed by atoms with van der Waals surface area (Å²) in [5.74, 6) is -2.02. The second kappa shape index (κ2) is 6.16. The van der Waals surface area contributed by atoms with Crippen LogP contribution in [0.1, 0.15) is 29.8 Å². The lowest BCUT2D eigenvalue weighted by Crippen LogP contribution is -2.50. The SMILES string of the molecule is CC(C)[C@@H](NC(=O)c1ccc(CO)cc1)C(=O)[O-]. The number of carbonyl (C=O) groups is 2. The molecule has 2 N–H and O–H groups in total. The quantitative estimate of drug-likeness (QED) is 0.749. The number of carbonyl (C=O) groups excluding carboxylic acids is 2. The van der Waals surface area contributed by atoms with Gasteiger partial charge in [-0.05, 0) is 23.6 Å². The van der Waals surface area contributed by atoms with Crippen LogP contribution in [0.15, 0.2) is 24.3 Å².